The zero-order valence-electron chi connectivity index (χ0n) is 15.0. The van der Waals surface area contributed by atoms with Gasteiger partial charge in [-0.1, -0.05) is 12.1 Å². The summed E-state index contributed by atoms with van der Waals surface area (Å²) in [5.41, 5.74) is 5.39. The predicted octanol–water partition coefficient (Wildman–Crippen LogP) is 1.03. The molecule has 8 nitrogen and oxygen atoms in total. The molecular formula is C17H25N3O5. The fourth-order valence-corrected chi connectivity index (χ4v) is 2.04. The summed E-state index contributed by atoms with van der Waals surface area (Å²) < 4.78 is 10.1. The second kappa shape index (κ2) is 9.03. The molecule has 1 aromatic carbocycles. The molecule has 0 aliphatic rings. The molecular weight excluding hydrogens is 326 g/mol. The number of benzene rings is 1. The molecule has 0 aromatic heterocycles. The number of primary amides is 1. The summed E-state index contributed by atoms with van der Waals surface area (Å²) in [6, 6.07) is 7.19. The molecule has 0 unspecified atom stereocenters. The van der Waals surface area contributed by atoms with E-state index < -0.39 is 23.5 Å². The smallest absolute Gasteiger partial charge is 0.414 e. The van der Waals surface area contributed by atoms with Gasteiger partial charge in [0, 0.05) is 6.54 Å². The molecule has 25 heavy (non-hydrogen) atoms. The summed E-state index contributed by atoms with van der Waals surface area (Å²) in [7, 11) is 1.56. The predicted molar refractivity (Wildman–Crippen MR) is 91.8 cm³/mol. The Morgan fingerprint density at radius 1 is 1.12 bits per heavy atom. The molecule has 3 N–H and O–H groups in total. The molecule has 0 heterocycles. The molecule has 1 aromatic rings. The molecule has 0 bridgehead atoms. The Morgan fingerprint density at radius 2 is 1.72 bits per heavy atom. The van der Waals surface area contributed by atoms with E-state index >= 15 is 0 Å². The fraction of sp³-hybridized carbons (Fsp3) is 0.471. The fourth-order valence-electron chi connectivity index (χ4n) is 2.04. The minimum absolute atomic E-state index is 0.117. The van der Waals surface area contributed by atoms with E-state index in [1.807, 2.05) is 12.1 Å². The van der Waals surface area contributed by atoms with E-state index in [1.165, 1.54) is 4.90 Å². The third kappa shape index (κ3) is 8.71. The van der Waals surface area contributed by atoms with Crippen LogP contribution < -0.4 is 15.8 Å². The van der Waals surface area contributed by atoms with Crippen LogP contribution in [-0.4, -0.2) is 48.6 Å². The van der Waals surface area contributed by atoms with Gasteiger partial charge < -0.3 is 15.2 Å². The number of hydrogen-bond donors (Lipinski definition) is 2. The Labute approximate surface area is 147 Å². The summed E-state index contributed by atoms with van der Waals surface area (Å²) in [6.07, 6.45) is -0.832. The Morgan fingerprint density at radius 3 is 2.20 bits per heavy atom. The quantitative estimate of drug-likeness (QED) is 0.759. The van der Waals surface area contributed by atoms with E-state index in [0.717, 1.165) is 5.56 Å². The number of alkyl carbamates (subject to hydrolysis) is 1. The summed E-state index contributed by atoms with van der Waals surface area (Å²) >= 11 is 0. The summed E-state index contributed by atoms with van der Waals surface area (Å²) in [6.45, 7) is 5.11. The van der Waals surface area contributed by atoms with Crippen LogP contribution in [0.15, 0.2) is 24.3 Å². The molecule has 0 atom stereocenters. The molecule has 8 heteroatoms. The number of nitrogens with two attached hydrogens (primary N) is 1. The molecule has 1 rings (SSSR count). The highest BCUT2D eigenvalue weighted by Gasteiger charge is 2.20. The first-order valence-electron chi connectivity index (χ1n) is 7.75. The van der Waals surface area contributed by atoms with Gasteiger partial charge in [0.25, 0.3) is 0 Å². The van der Waals surface area contributed by atoms with Crippen molar-refractivity contribution in [2.45, 2.75) is 32.9 Å². The highest BCUT2D eigenvalue weighted by molar-refractivity contribution is 5.93. The number of nitrogens with one attached hydrogen (secondary N) is 1. The largest absolute Gasteiger partial charge is 0.497 e. The number of methoxy groups -OCH3 is 1. The second-order valence-corrected chi connectivity index (χ2v) is 6.51. The average Bonchev–Trinajstić information content (AvgIpc) is 2.44. The minimum Gasteiger partial charge on any atom is -0.497 e. The van der Waals surface area contributed by atoms with E-state index in [0.29, 0.717) is 12.3 Å². The number of carbonyl (C=O) groups excluding carboxylic acids is 3. The Kier molecular flexibility index (Phi) is 7.38. The maximum Gasteiger partial charge on any atom is 0.414 e. The van der Waals surface area contributed by atoms with Crippen molar-refractivity contribution in [1.82, 2.24) is 10.2 Å². The average molecular weight is 351 g/mol. The number of carbonyl (C=O) groups is 3. The van der Waals surface area contributed by atoms with Crippen LogP contribution in [0.1, 0.15) is 26.3 Å². The third-order valence-corrected chi connectivity index (χ3v) is 2.95. The van der Waals surface area contributed by atoms with Crippen LogP contribution in [0, 0.1) is 0 Å². The van der Waals surface area contributed by atoms with Gasteiger partial charge in [0.05, 0.1) is 20.2 Å². The van der Waals surface area contributed by atoms with Crippen molar-refractivity contribution in [3.05, 3.63) is 29.8 Å². The van der Waals surface area contributed by atoms with Crippen molar-refractivity contribution in [1.29, 1.82) is 0 Å². The van der Waals surface area contributed by atoms with Crippen LogP contribution in [0.25, 0.3) is 0 Å². The van der Waals surface area contributed by atoms with Crippen molar-refractivity contribution < 1.29 is 23.9 Å². The Hall–Kier alpha value is -2.61. The zero-order chi connectivity index (χ0) is 19.0. The first kappa shape index (κ1) is 20.4. The molecule has 0 fully saturated rings. The standard InChI is InChI=1S/C17H25N3O5/c1-17(2,3)25-16(23)19-15(22)11-20(10-14(18)21)9-12-5-7-13(24-4)8-6-12/h5-8H,9-11H2,1-4H3,(H2,18,21)(H,19,22,23). The van der Waals surface area contributed by atoms with Crippen LogP contribution in [0.5, 0.6) is 5.75 Å². The second-order valence-electron chi connectivity index (χ2n) is 6.51. The van der Waals surface area contributed by atoms with Crippen LogP contribution in [0.4, 0.5) is 4.79 Å². The Bertz CT molecular complexity index is 608. The number of rotatable bonds is 7. The maximum absolute atomic E-state index is 12.0. The van der Waals surface area contributed by atoms with E-state index in [9.17, 15) is 14.4 Å². The first-order chi connectivity index (χ1) is 11.6. The van der Waals surface area contributed by atoms with E-state index in [1.54, 1.807) is 40.0 Å². The van der Waals surface area contributed by atoms with Crippen molar-refractivity contribution in [2.75, 3.05) is 20.2 Å². The number of ether oxygens (including phenoxy) is 2. The lowest BCUT2D eigenvalue weighted by Gasteiger charge is -2.22. The van der Waals surface area contributed by atoms with Gasteiger partial charge in [-0.05, 0) is 38.5 Å². The normalized spacial score (nSPS) is 11.1. The van der Waals surface area contributed by atoms with Crippen LogP contribution in [0.3, 0.4) is 0 Å². The Balaban J connectivity index is 2.66. The lowest BCUT2D eigenvalue weighted by atomic mass is 10.2. The first-order valence-corrected chi connectivity index (χ1v) is 7.75. The van der Waals surface area contributed by atoms with Gasteiger partial charge >= 0.3 is 6.09 Å². The van der Waals surface area contributed by atoms with Gasteiger partial charge in [-0.25, -0.2) is 4.79 Å². The van der Waals surface area contributed by atoms with E-state index in [-0.39, 0.29) is 13.1 Å². The minimum atomic E-state index is -0.832. The highest BCUT2D eigenvalue weighted by atomic mass is 16.6. The number of imide groups is 1. The number of hydrogen-bond acceptors (Lipinski definition) is 6. The van der Waals surface area contributed by atoms with E-state index in [2.05, 4.69) is 5.32 Å². The highest BCUT2D eigenvalue weighted by Crippen LogP contribution is 2.13. The lowest BCUT2D eigenvalue weighted by Crippen LogP contribution is -2.44. The molecule has 3 amide bonds. The third-order valence-electron chi connectivity index (χ3n) is 2.95. The SMILES string of the molecule is COc1ccc(CN(CC(N)=O)CC(=O)NC(=O)OC(C)(C)C)cc1. The van der Waals surface area contributed by atoms with Gasteiger partial charge in [0.15, 0.2) is 0 Å². The zero-order valence-corrected chi connectivity index (χ0v) is 15.0. The monoisotopic (exact) mass is 351 g/mol. The summed E-state index contributed by atoms with van der Waals surface area (Å²) in [5.74, 6) is -0.449. The van der Waals surface area contributed by atoms with Crippen molar-refractivity contribution >= 4 is 17.9 Å². The van der Waals surface area contributed by atoms with Gasteiger partial charge in [-0.15, -0.1) is 0 Å². The van der Waals surface area contributed by atoms with Gasteiger partial charge in [0.2, 0.25) is 11.8 Å². The van der Waals surface area contributed by atoms with E-state index in [4.69, 9.17) is 15.2 Å². The number of nitrogens with zero attached hydrogens (tertiary/aromatic N) is 1. The number of amides is 3. The molecule has 0 radical (unpaired) electrons. The van der Waals surface area contributed by atoms with Gasteiger partial charge in [-0.3, -0.25) is 19.8 Å². The van der Waals surface area contributed by atoms with Gasteiger partial charge in [0.1, 0.15) is 11.4 Å². The molecule has 0 spiro atoms. The van der Waals surface area contributed by atoms with Crippen LogP contribution in [0.2, 0.25) is 0 Å². The molecule has 138 valence electrons. The van der Waals surface area contributed by atoms with Crippen LogP contribution in [-0.2, 0) is 20.9 Å². The van der Waals surface area contributed by atoms with Crippen LogP contribution >= 0.6 is 0 Å². The van der Waals surface area contributed by atoms with Crippen molar-refractivity contribution in [3.8, 4) is 5.75 Å². The molecule has 0 aliphatic carbocycles. The maximum atomic E-state index is 12.0. The molecule has 0 saturated carbocycles. The van der Waals surface area contributed by atoms with Crippen molar-refractivity contribution in [2.24, 2.45) is 5.73 Å². The summed E-state index contributed by atoms with van der Waals surface area (Å²) in [5, 5.41) is 2.13. The van der Waals surface area contributed by atoms with Crippen molar-refractivity contribution in [3.63, 3.8) is 0 Å². The molecule has 0 saturated heterocycles. The van der Waals surface area contributed by atoms with Gasteiger partial charge in [-0.2, -0.15) is 0 Å². The topological polar surface area (TPSA) is 111 Å². The molecule has 0 aliphatic heterocycles. The lowest BCUT2D eigenvalue weighted by molar-refractivity contribution is -0.123. The summed E-state index contributed by atoms with van der Waals surface area (Å²) in [4.78, 5) is 36.4.